The minimum atomic E-state index is -0.959. The SMILES string of the molecule is CCN(CC(=O)O)C(=O)C1(C)CCNC1. The van der Waals surface area contributed by atoms with Gasteiger partial charge in [-0.2, -0.15) is 0 Å². The predicted molar refractivity (Wildman–Crippen MR) is 55.5 cm³/mol. The van der Waals surface area contributed by atoms with Crippen molar-refractivity contribution in [1.29, 1.82) is 0 Å². The Bertz CT molecular complexity index is 259. The Kier molecular flexibility index (Phi) is 3.68. The van der Waals surface area contributed by atoms with Gasteiger partial charge < -0.3 is 15.3 Å². The zero-order chi connectivity index (χ0) is 11.5. The summed E-state index contributed by atoms with van der Waals surface area (Å²) in [5.74, 6) is -1.02. The minimum Gasteiger partial charge on any atom is -0.480 e. The fourth-order valence-corrected chi connectivity index (χ4v) is 1.87. The molecule has 0 saturated carbocycles. The number of hydrogen-bond donors (Lipinski definition) is 2. The lowest BCUT2D eigenvalue weighted by molar-refractivity contribution is -0.148. The summed E-state index contributed by atoms with van der Waals surface area (Å²) in [7, 11) is 0. The van der Waals surface area contributed by atoms with Gasteiger partial charge in [-0.15, -0.1) is 0 Å². The van der Waals surface area contributed by atoms with Crippen LogP contribution in [-0.4, -0.2) is 48.1 Å². The summed E-state index contributed by atoms with van der Waals surface area (Å²) in [6.45, 7) is 5.40. The van der Waals surface area contributed by atoms with Crippen LogP contribution in [0, 0.1) is 5.41 Å². The number of amides is 1. The number of carbonyl (C=O) groups excluding carboxylic acids is 1. The zero-order valence-electron chi connectivity index (χ0n) is 9.25. The number of likely N-dealkylation sites (N-methyl/N-ethyl adjacent to an activating group) is 1. The van der Waals surface area contributed by atoms with Gasteiger partial charge in [0.05, 0.1) is 5.41 Å². The molecule has 1 unspecified atom stereocenters. The van der Waals surface area contributed by atoms with Crippen molar-refractivity contribution in [2.45, 2.75) is 20.3 Å². The maximum atomic E-state index is 12.1. The van der Waals surface area contributed by atoms with E-state index >= 15 is 0 Å². The van der Waals surface area contributed by atoms with Crippen molar-refractivity contribution in [1.82, 2.24) is 10.2 Å². The highest BCUT2D eigenvalue weighted by Crippen LogP contribution is 2.26. The summed E-state index contributed by atoms with van der Waals surface area (Å²) < 4.78 is 0. The Hall–Kier alpha value is -1.10. The van der Waals surface area contributed by atoms with Crippen LogP contribution in [0.1, 0.15) is 20.3 Å². The summed E-state index contributed by atoms with van der Waals surface area (Å²) in [6, 6.07) is 0. The van der Waals surface area contributed by atoms with E-state index in [0.29, 0.717) is 13.1 Å². The van der Waals surface area contributed by atoms with Gasteiger partial charge in [0.2, 0.25) is 5.91 Å². The molecule has 1 amide bonds. The van der Waals surface area contributed by atoms with Crippen molar-refractivity contribution < 1.29 is 14.7 Å². The van der Waals surface area contributed by atoms with E-state index in [-0.39, 0.29) is 12.5 Å². The molecule has 0 aromatic rings. The van der Waals surface area contributed by atoms with Crippen LogP contribution in [0.5, 0.6) is 0 Å². The lowest BCUT2D eigenvalue weighted by atomic mass is 9.88. The van der Waals surface area contributed by atoms with Crippen LogP contribution in [0.2, 0.25) is 0 Å². The first-order valence-electron chi connectivity index (χ1n) is 5.21. The molecule has 0 aromatic heterocycles. The van der Waals surface area contributed by atoms with Crippen LogP contribution in [0.4, 0.5) is 0 Å². The van der Waals surface area contributed by atoms with Crippen molar-refractivity contribution in [2.24, 2.45) is 5.41 Å². The Morgan fingerprint density at radius 2 is 2.20 bits per heavy atom. The predicted octanol–water partition coefficient (Wildman–Crippen LogP) is -0.0809. The second-order valence-corrected chi connectivity index (χ2v) is 4.20. The molecule has 2 N–H and O–H groups in total. The Morgan fingerprint density at radius 1 is 1.53 bits per heavy atom. The van der Waals surface area contributed by atoms with Gasteiger partial charge in [0.15, 0.2) is 0 Å². The topological polar surface area (TPSA) is 69.6 Å². The maximum absolute atomic E-state index is 12.1. The summed E-state index contributed by atoms with van der Waals surface area (Å²) in [5, 5.41) is 11.8. The molecule has 15 heavy (non-hydrogen) atoms. The van der Waals surface area contributed by atoms with Gasteiger partial charge in [-0.05, 0) is 26.8 Å². The maximum Gasteiger partial charge on any atom is 0.323 e. The number of carbonyl (C=O) groups is 2. The second-order valence-electron chi connectivity index (χ2n) is 4.20. The molecule has 0 aliphatic carbocycles. The van der Waals surface area contributed by atoms with Gasteiger partial charge in [0.25, 0.3) is 0 Å². The summed E-state index contributed by atoms with van der Waals surface area (Å²) in [4.78, 5) is 24.0. The smallest absolute Gasteiger partial charge is 0.323 e. The summed E-state index contributed by atoms with van der Waals surface area (Å²) in [6.07, 6.45) is 0.780. The molecule has 1 saturated heterocycles. The lowest BCUT2D eigenvalue weighted by Crippen LogP contribution is -2.45. The number of nitrogens with zero attached hydrogens (tertiary/aromatic N) is 1. The van der Waals surface area contributed by atoms with Crippen LogP contribution in [0.25, 0.3) is 0 Å². The van der Waals surface area contributed by atoms with Crippen LogP contribution in [0.15, 0.2) is 0 Å². The third-order valence-electron chi connectivity index (χ3n) is 2.88. The summed E-state index contributed by atoms with van der Waals surface area (Å²) >= 11 is 0. The molecule has 1 atom stereocenters. The first-order valence-corrected chi connectivity index (χ1v) is 5.21. The van der Waals surface area contributed by atoms with Crippen LogP contribution >= 0.6 is 0 Å². The van der Waals surface area contributed by atoms with E-state index in [9.17, 15) is 9.59 Å². The molecule has 1 fully saturated rings. The molecule has 0 radical (unpaired) electrons. The first-order chi connectivity index (χ1) is 6.99. The second kappa shape index (κ2) is 4.61. The summed E-state index contributed by atoms with van der Waals surface area (Å²) in [5.41, 5.74) is -0.425. The minimum absolute atomic E-state index is 0.0580. The van der Waals surface area contributed by atoms with Crippen LogP contribution in [-0.2, 0) is 9.59 Å². The molecule has 5 nitrogen and oxygen atoms in total. The van der Waals surface area contributed by atoms with Crippen molar-refractivity contribution in [3.8, 4) is 0 Å². The number of carboxylic acid groups (broad SMARTS) is 1. The number of nitrogens with one attached hydrogen (secondary N) is 1. The van der Waals surface area contributed by atoms with Gasteiger partial charge in [-0.3, -0.25) is 9.59 Å². The Balaban J connectivity index is 2.67. The highest BCUT2D eigenvalue weighted by molar-refractivity contribution is 5.86. The number of aliphatic carboxylic acids is 1. The molecule has 5 heteroatoms. The van der Waals surface area contributed by atoms with E-state index in [1.54, 1.807) is 6.92 Å². The molecule has 0 aromatic carbocycles. The quantitative estimate of drug-likeness (QED) is 0.686. The van der Waals surface area contributed by atoms with Gasteiger partial charge >= 0.3 is 5.97 Å². The average molecular weight is 214 g/mol. The van der Waals surface area contributed by atoms with Crippen LogP contribution < -0.4 is 5.32 Å². The van der Waals surface area contributed by atoms with Crippen molar-refractivity contribution in [3.05, 3.63) is 0 Å². The van der Waals surface area contributed by atoms with Gasteiger partial charge in [-0.25, -0.2) is 0 Å². The van der Waals surface area contributed by atoms with Gasteiger partial charge in [0, 0.05) is 13.1 Å². The number of hydrogen-bond acceptors (Lipinski definition) is 3. The molecular formula is C10H18N2O3. The fraction of sp³-hybridized carbons (Fsp3) is 0.800. The van der Waals surface area contributed by atoms with E-state index in [4.69, 9.17) is 5.11 Å². The Morgan fingerprint density at radius 3 is 2.60 bits per heavy atom. The third-order valence-corrected chi connectivity index (χ3v) is 2.88. The molecule has 1 rings (SSSR count). The number of rotatable bonds is 4. The Labute approximate surface area is 89.4 Å². The normalized spacial score (nSPS) is 25.2. The van der Waals surface area contributed by atoms with E-state index in [1.165, 1.54) is 4.90 Å². The van der Waals surface area contributed by atoms with E-state index in [0.717, 1.165) is 13.0 Å². The van der Waals surface area contributed by atoms with Crippen molar-refractivity contribution in [2.75, 3.05) is 26.2 Å². The lowest BCUT2D eigenvalue weighted by Gasteiger charge is -2.29. The molecule has 0 bridgehead atoms. The fourth-order valence-electron chi connectivity index (χ4n) is 1.87. The zero-order valence-corrected chi connectivity index (χ0v) is 9.25. The monoisotopic (exact) mass is 214 g/mol. The molecular weight excluding hydrogens is 196 g/mol. The van der Waals surface area contributed by atoms with E-state index in [1.807, 2.05) is 6.92 Å². The van der Waals surface area contributed by atoms with Crippen molar-refractivity contribution >= 4 is 11.9 Å². The first kappa shape index (κ1) is 12.0. The molecule has 1 aliphatic rings. The van der Waals surface area contributed by atoms with Gasteiger partial charge in [0.1, 0.15) is 6.54 Å². The largest absolute Gasteiger partial charge is 0.480 e. The third kappa shape index (κ3) is 2.68. The molecule has 1 aliphatic heterocycles. The molecule has 1 heterocycles. The standard InChI is InChI=1S/C10H18N2O3/c1-3-12(6-8(13)14)9(15)10(2)4-5-11-7-10/h11H,3-7H2,1-2H3,(H,13,14). The van der Waals surface area contributed by atoms with Crippen LogP contribution in [0.3, 0.4) is 0 Å². The average Bonchev–Trinajstić information content (AvgIpc) is 2.61. The van der Waals surface area contributed by atoms with E-state index < -0.39 is 11.4 Å². The molecule has 86 valence electrons. The van der Waals surface area contributed by atoms with Gasteiger partial charge in [-0.1, -0.05) is 0 Å². The van der Waals surface area contributed by atoms with Crippen molar-refractivity contribution in [3.63, 3.8) is 0 Å². The van der Waals surface area contributed by atoms with E-state index in [2.05, 4.69) is 5.32 Å². The number of carboxylic acids is 1. The highest BCUT2D eigenvalue weighted by atomic mass is 16.4. The highest BCUT2D eigenvalue weighted by Gasteiger charge is 2.39. The molecule has 0 spiro atoms.